The third-order valence-corrected chi connectivity index (χ3v) is 2.88. The summed E-state index contributed by atoms with van der Waals surface area (Å²) in [6.45, 7) is 10.5. The minimum absolute atomic E-state index is 0.280. The molecule has 0 aromatic carbocycles. The first-order valence-electron chi connectivity index (χ1n) is 6.10. The lowest BCUT2D eigenvalue weighted by Gasteiger charge is -2.36. The van der Waals surface area contributed by atoms with Crippen LogP contribution in [0.15, 0.2) is 0 Å². The van der Waals surface area contributed by atoms with E-state index in [1.54, 1.807) is 0 Å². The SMILES string of the molecule is CCCNC(C)(C#N)CN1CCOC(C)C1. The first kappa shape index (κ1) is 13.4. The maximum Gasteiger partial charge on any atom is 0.116 e. The Morgan fingerprint density at radius 1 is 1.62 bits per heavy atom. The molecule has 1 rings (SSSR count). The molecule has 4 heteroatoms. The molecule has 0 bridgehead atoms. The second-order valence-corrected chi connectivity index (χ2v) is 4.79. The highest BCUT2D eigenvalue weighted by molar-refractivity contribution is 5.06. The zero-order valence-corrected chi connectivity index (χ0v) is 10.6. The molecule has 16 heavy (non-hydrogen) atoms. The van der Waals surface area contributed by atoms with Crippen molar-refractivity contribution in [1.29, 1.82) is 5.26 Å². The van der Waals surface area contributed by atoms with Gasteiger partial charge >= 0.3 is 0 Å². The van der Waals surface area contributed by atoms with Gasteiger partial charge in [0.2, 0.25) is 0 Å². The molecule has 0 spiro atoms. The number of ether oxygens (including phenoxy) is 1. The van der Waals surface area contributed by atoms with Gasteiger partial charge in [0.05, 0.1) is 18.8 Å². The summed E-state index contributed by atoms with van der Waals surface area (Å²) in [4.78, 5) is 2.31. The van der Waals surface area contributed by atoms with Crippen molar-refractivity contribution in [3.8, 4) is 6.07 Å². The van der Waals surface area contributed by atoms with Crippen LogP contribution in [0.5, 0.6) is 0 Å². The maximum atomic E-state index is 9.24. The molecule has 2 atom stereocenters. The van der Waals surface area contributed by atoms with Gasteiger partial charge in [-0.1, -0.05) is 6.92 Å². The van der Waals surface area contributed by atoms with Crippen molar-refractivity contribution < 1.29 is 4.74 Å². The molecular weight excluding hydrogens is 202 g/mol. The quantitative estimate of drug-likeness (QED) is 0.758. The van der Waals surface area contributed by atoms with Crippen molar-refractivity contribution in [2.45, 2.75) is 38.8 Å². The first-order valence-corrected chi connectivity index (χ1v) is 6.10. The molecule has 2 unspecified atom stereocenters. The van der Waals surface area contributed by atoms with Gasteiger partial charge in [-0.05, 0) is 26.8 Å². The largest absolute Gasteiger partial charge is 0.376 e. The van der Waals surface area contributed by atoms with Crippen LogP contribution in [0, 0.1) is 11.3 Å². The smallest absolute Gasteiger partial charge is 0.116 e. The van der Waals surface area contributed by atoms with E-state index < -0.39 is 5.54 Å². The van der Waals surface area contributed by atoms with Crippen molar-refractivity contribution in [1.82, 2.24) is 10.2 Å². The Morgan fingerprint density at radius 2 is 2.38 bits per heavy atom. The second-order valence-electron chi connectivity index (χ2n) is 4.79. The third kappa shape index (κ3) is 4.09. The molecular formula is C12H23N3O. The normalized spacial score (nSPS) is 26.0. The minimum atomic E-state index is -0.437. The van der Waals surface area contributed by atoms with Crippen LogP contribution in [0.25, 0.3) is 0 Å². The lowest BCUT2D eigenvalue weighted by molar-refractivity contribution is -0.0232. The van der Waals surface area contributed by atoms with Crippen LogP contribution in [-0.4, -0.2) is 49.3 Å². The summed E-state index contributed by atoms with van der Waals surface area (Å²) in [5.41, 5.74) is -0.437. The van der Waals surface area contributed by atoms with Gasteiger partial charge in [-0.25, -0.2) is 0 Å². The predicted molar refractivity (Wildman–Crippen MR) is 64.2 cm³/mol. The van der Waals surface area contributed by atoms with Crippen LogP contribution in [0.1, 0.15) is 27.2 Å². The average molecular weight is 225 g/mol. The number of hydrogen-bond acceptors (Lipinski definition) is 4. The van der Waals surface area contributed by atoms with Gasteiger partial charge in [0.25, 0.3) is 0 Å². The van der Waals surface area contributed by atoms with E-state index in [9.17, 15) is 5.26 Å². The van der Waals surface area contributed by atoms with Crippen molar-refractivity contribution in [3.05, 3.63) is 0 Å². The monoisotopic (exact) mass is 225 g/mol. The summed E-state index contributed by atoms with van der Waals surface area (Å²) >= 11 is 0. The summed E-state index contributed by atoms with van der Waals surface area (Å²) in [5, 5.41) is 12.6. The standard InChI is InChI=1S/C12H23N3O/c1-4-5-14-12(3,9-13)10-15-6-7-16-11(2)8-15/h11,14H,4-8,10H2,1-3H3. The summed E-state index contributed by atoms with van der Waals surface area (Å²) in [7, 11) is 0. The molecule has 1 heterocycles. The van der Waals surface area contributed by atoms with E-state index in [-0.39, 0.29) is 6.10 Å². The van der Waals surface area contributed by atoms with Crippen LogP contribution < -0.4 is 5.32 Å². The molecule has 0 radical (unpaired) electrons. The van der Waals surface area contributed by atoms with Crippen molar-refractivity contribution >= 4 is 0 Å². The number of rotatable bonds is 5. The molecule has 4 nitrogen and oxygen atoms in total. The Bertz CT molecular complexity index is 251. The highest BCUT2D eigenvalue weighted by Gasteiger charge is 2.28. The summed E-state index contributed by atoms with van der Waals surface area (Å²) < 4.78 is 5.49. The lowest BCUT2D eigenvalue weighted by Crippen LogP contribution is -2.54. The summed E-state index contributed by atoms with van der Waals surface area (Å²) in [6.07, 6.45) is 1.33. The Hall–Kier alpha value is -0.630. The highest BCUT2D eigenvalue weighted by Crippen LogP contribution is 2.10. The molecule has 0 aromatic rings. The predicted octanol–water partition coefficient (Wildman–Crippen LogP) is 0.989. The molecule has 1 N–H and O–H groups in total. The second kappa shape index (κ2) is 6.19. The Balaban J connectivity index is 2.45. The summed E-state index contributed by atoms with van der Waals surface area (Å²) in [5.74, 6) is 0. The molecule has 0 aromatic heterocycles. The fraction of sp³-hybridized carbons (Fsp3) is 0.917. The maximum absolute atomic E-state index is 9.24. The van der Waals surface area contributed by atoms with E-state index in [4.69, 9.17) is 4.74 Å². The number of morpholine rings is 1. The fourth-order valence-electron chi connectivity index (χ4n) is 2.01. The van der Waals surface area contributed by atoms with Crippen LogP contribution >= 0.6 is 0 Å². The van der Waals surface area contributed by atoms with E-state index in [0.717, 1.165) is 39.2 Å². The van der Waals surface area contributed by atoms with Crippen LogP contribution in [0.2, 0.25) is 0 Å². The first-order chi connectivity index (χ1) is 7.59. The van der Waals surface area contributed by atoms with Gasteiger partial charge in [0.15, 0.2) is 0 Å². The van der Waals surface area contributed by atoms with Crippen molar-refractivity contribution in [2.75, 3.05) is 32.8 Å². The van der Waals surface area contributed by atoms with Gasteiger partial charge in [0.1, 0.15) is 5.54 Å². The van der Waals surface area contributed by atoms with E-state index in [2.05, 4.69) is 30.1 Å². The molecule has 0 saturated carbocycles. The molecule has 92 valence electrons. The Morgan fingerprint density at radius 3 is 2.94 bits per heavy atom. The molecule has 0 aliphatic carbocycles. The van der Waals surface area contributed by atoms with E-state index in [1.165, 1.54) is 0 Å². The van der Waals surface area contributed by atoms with E-state index >= 15 is 0 Å². The van der Waals surface area contributed by atoms with Crippen LogP contribution in [-0.2, 0) is 4.74 Å². The molecule has 1 fully saturated rings. The number of nitrogens with zero attached hydrogens (tertiary/aromatic N) is 2. The van der Waals surface area contributed by atoms with Crippen molar-refractivity contribution in [2.24, 2.45) is 0 Å². The minimum Gasteiger partial charge on any atom is -0.376 e. The molecule has 1 aliphatic heterocycles. The number of nitriles is 1. The fourth-order valence-corrected chi connectivity index (χ4v) is 2.01. The zero-order chi connectivity index (χ0) is 12.0. The average Bonchev–Trinajstić information content (AvgIpc) is 2.26. The van der Waals surface area contributed by atoms with Gasteiger partial charge in [0, 0.05) is 19.6 Å². The van der Waals surface area contributed by atoms with Gasteiger partial charge in [-0.2, -0.15) is 5.26 Å². The zero-order valence-electron chi connectivity index (χ0n) is 10.6. The van der Waals surface area contributed by atoms with Gasteiger partial charge < -0.3 is 4.74 Å². The van der Waals surface area contributed by atoms with E-state index in [1.807, 2.05) is 6.92 Å². The van der Waals surface area contributed by atoms with Crippen molar-refractivity contribution in [3.63, 3.8) is 0 Å². The Kier molecular flexibility index (Phi) is 5.20. The summed E-state index contributed by atoms with van der Waals surface area (Å²) in [6, 6.07) is 2.38. The van der Waals surface area contributed by atoms with Gasteiger partial charge in [-0.3, -0.25) is 10.2 Å². The molecule has 1 saturated heterocycles. The third-order valence-electron chi connectivity index (χ3n) is 2.88. The molecule has 1 aliphatic rings. The number of nitrogens with one attached hydrogen (secondary N) is 1. The highest BCUT2D eigenvalue weighted by atomic mass is 16.5. The lowest BCUT2D eigenvalue weighted by atomic mass is 10.0. The van der Waals surface area contributed by atoms with E-state index in [0.29, 0.717) is 0 Å². The van der Waals surface area contributed by atoms with Crippen LogP contribution in [0.3, 0.4) is 0 Å². The Labute approximate surface area is 98.6 Å². The van der Waals surface area contributed by atoms with Crippen LogP contribution in [0.4, 0.5) is 0 Å². The molecule has 0 amide bonds. The number of hydrogen-bond donors (Lipinski definition) is 1. The topological polar surface area (TPSA) is 48.3 Å². The van der Waals surface area contributed by atoms with Gasteiger partial charge in [-0.15, -0.1) is 0 Å².